The normalized spacial score (nSPS) is 15.9. The molecule has 0 aromatic heterocycles. The van der Waals surface area contributed by atoms with Crippen molar-refractivity contribution in [1.82, 2.24) is 0 Å². The zero-order chi connectivity index (χ0) is 37.2. The second-order valence-corrected chi connectivity index (χ2v) is 17.2. The summed E-state index contributed by atoms with van der Waals surface area (Å²) in [5.74, 6) is 0. The third-order valence-electron chi connectivity index (χ3n) is 12.5. The maximum absolute atomic E-state index is 2.53. The maximum atomic E-state index is 2.53. The summed E-state index contributed by atoms with van der Waals surface area (Å²) in [7, 11) is 0. The molecule has 2 aliphatic rings. The molecule has 266 valence electrons. The van der Waals surface area contributed by atoms with Crippen molar-refractivity contribution in [1.29, 1.82) is 0 Å². The van der Waals surface area contributed by atoms with Gasteiger partial charge in [-0.05, 0) is 121 Å². The average Bonchev–Trinajstić information content (AvgIpc) is 3.42. The van der Waals surface area contributed by atoms with Gasteiger partial charge in [0.25, 0.3) is 0 Å². The Morgan fingerprint density at radius 2 is 0.870 bits per heavy atom. The monoisotopic (exact) mass is 699 g/mol. The largest absolute Gasteiger partial charge is 0.310 e. The molecule has 7 aromatic carbocycles. The van der Waals surface area contributed by atoms with Crippen molar-refractivity contribution >= 4 is 17.1 Å². The van der Waals surface area contributed by atoms with Crippen LogP contribution in [0.4, 0.5) is 17.1 Å². The molecular weight excluding hydrogens is 651 g/mol. The van der Waals surface area contributed by atoms with Crippen molar-refractivity contribution in [3.05, 3.63) is 186 Å². The van der Waals surface area contributed by atoms with Crippen molar-refractivity contribution in [2.24, 2.45) is 0 Å². The number of benzene rings is 7. The molecule has 0 heterocycles. The summed E-state index contributed by atoms with van der Waals surface area (Å²) >= 11 is 0. The Morgan fingerprint density at radius 1 is 0.370 bits per heavy atom. The third-order valence-corrected chi connectivity index (χ3v) is 12.5. The molecule has 54 heavy (non-hydrogen) atoms. The molecule has 0 spiro atoms. The van der Waals surface area contributed by atoms with Gasteiger partial charge in [-0.1, -0.05) is 169 Å². The van der Waals surface area contributed by atoms with Crippen molar-refractivity contribution in [2.75, 3.05) is 4.90 Å². The van der Waals surface area contributed by atoms with Crippen LogP contribution in [-0.4, -0.2) is 0 Å². The van der Waals surface area contributed by atoms with E-state index in [1.807, 2.05) is 0 Å². The molecule has 0 N–H and O–H groups in total. The van der Waals surface area contributed by atoms with Gasteiger partial charge in [0, 0.05) is 22.4 Å². The zero-order valence-electron chi connectivity index (χ0n) is 32.4. The minimum Gasteiger partial charge on any atom is -0.310 e. The van der Waals surface area contributed by atoms with Gasteiger partial charge < -0.3 is 4.90 Å². The van der Waals surface area contributed by atoms with Gasteiger partial charge in [-0.15, -0.1) is 0 Å². The number of anilines is 3. The quantitative estimate of drug-likeness (QED) is 0.167. The minimum atomic E-state index is -0.130. The van der Waals surface area contributed by atoms with Crippen molar-refractivity contribution in [3.8, 4) is 44.5 Å². The maximum Gasteiger partial charge on any atom is 0.0543 e. The number of hydrogen-bond acceptors (Lipinski definition) is 1. The molecule has 2 aliphatic carbocycles. The van der Waals surface area contributed by atoms with Crippen molar-refractivity contribution in [3.63, 3.8) is 0 Å². The molecule has 0 fully saturated rings. The van der Waals surface area contributed by atoms with Crippen LogP contribution in [0, 0.1) is 0 Å². The summed E-state index contributed by atoms with van der Waals surface area (Å²) in [4.78, 5) is 2.50. The van der Waals surface area contributed by atoms with E-state index in [0.717, 1.165) is 17.8 Å². The van der Waals surface area contributed by atoms with E-state index in [2.05, 4.69) is 210 Å². The number of para-hydroxylation sites is 1. The number of hydrogen-bond donors (Lipinski definition) is 0. The lowest BCUT2D eigenvalue weighted by Crippen LogP contribution is -2.34. The fourth-order valence-electron chi connectivity index (χ4n) is 9.38. The first-order valence-electron chi connectivity index (χ1n) is 19.6. The van der Waals surface area contributed by atoms with Crippen LogP contribution >= 0.6 is 0 Å². The van der Waals surface area contributed by atoms with E-state index in [1.54, 1.807) is 0 Å². The van der Waals surface area contributed by atoms with Crippen LogP contribution in [0.2, 0.25) is 0 Å². The summed E-state index contributed by atoms with van der Waals surface area (Å²) in [5.41, 5.74) is 19.5. The SMILES string of the molecule is CC1(C)CCC(C)(C)c2c(-c3cc4c(cc3N(c3ccccc3)c3ccc(-c5ccc(-c6ccccc6)cc5)cc3)C(C)(C)c3ccccc3-4)cccc21. The van der Waals surface area contributed by atoms with Crippen molar-refractivity contribution < 1.29 is 0 Å². The van der Waals surface area contributed by atoms with E-state index < -0.39 is 0 Å². The fraction of sp³-hybridized carbons (Fsp3) is 0.208. The topological polar surface area (TPSA) is 3.24 Å². The molecule has 0 bridgehead atoms. The fourth-order valence-corrected chi connectivity index (χ4v) is 9.38. The molecule has 0 unspecified atom stereocenters. The summed E-state index contributed by atoms with van der Waals surface area (Å²) in [6.07, 6.45) is 2.35. The van der Waals surface area contributed by atoms with Crippen LogP contribution in [0.3, 0.4) is 0 Å². The zero-order valence-corrected chi connectivity index (χ0v) is 32.4. The first kappa shape index (κ1) is 34.1. The molecule has 0 atom stereocenters. The first-order chi connectivity index (χ1) is 26.0. The lowest BCUT2D eigenvalue weighted by atomic mass is 9.61. The lowest BCUT2D eigenvalue weighted by Gasteiger charge is -2.43. The molecule has 1 nitrogen and oxygen atoms in total. The second kappa shape index (κ2) is 12.7. The van der Waals surface area contributed by atoms with Gasteiger partial charge in [-0.25, -0.2) is 0 Å². The summed E-state index contributed by atoms with van der Waals surface area (Å²) in [6.45, 7) is 14.6. The van der Waals surface area contributed by atoms with Gasteiger partial charge in [0.15, 0.2) is 0 Å². The molecule has 9 rings (SSSR count). The van der Waals surface area contributed by atoms with E-state index >= 15 is 0 Å². The summed E-state index contributed by atoms with van der Waals surface area (Å²) in [5, 5.41) is 0. The third kappa shape index (κ3) is 5.61. The molecule has 0 radical (unpaired) electrons. The van der Waals surface area contributed by atoms with Crippen LogP contribution in [0.25, 0.3) is 44.5 Å². The average molecular weight is 700 g/mol. The Hall–Kier alpha value is -5.66. The number of nitrogens with zero attached hydrogens (tertiary/aromatic N) is 1. The standard InChI is InChI=1S/C53H49N/c1-51(2)32-33-52(3,4)50-43(21-15-23-47(50)51)45-34-44-42-20-13-14-22-46(42)53(5,6)48(44)35-49(45)54(40-18-11-8-12-19-40)41-30-28-39(29-31-41)38-26-24-37(25-27-38)36-16-9-7-10-17-36/h7-31,34-35H,32-33H2,1-6H3. The second-order valence-electron chi connectivity index (χ2n) is 17.2. The summed E-state index contributed by atoms with van der Waals surface area (Å²) < 4.78 is 0. The van der Waals surface area contributed by atoms with Gasteiger partial charge >= 0.3 is 0 Å². The molecule has 0 aliphatic heterocycles. The van der Waals surface area contributed by atoms with Crippen LogP contribution in [0.5, 0.6) is 0 Å². The number of fused-ring (bicyclic) bond motifs is 4. The highest BCUT2D eigenvalue weighted by Gasteiger charge is 2.41. The Balaban J connectivity index is 1.25. The van der Waals surface area contributed by atoms with Crippen LogP contribution in [0.15, 0.2) is 164 Å². The van der Waals surface area contributed by atoms with E-state index in [0.29, 0.717) is 0 Å². The Kier molecular flexibility index (Phi) is 8.05. The van der Waals surface area contributed by atoms with Gasteiger partial charge in [0.05, 0.1) is 5.69 Å². The van der Waals surface area contributed by atoms with Gasteiger partial charge in [0.2, 0.25) is 0 Å². The Labute approximate surface area is 322 Å². The molecule has 0 amide bonds. The van der Waals surface area contributed by atoms with Crippen LogP contribution < -0.4 is 4.90 Å². The van der Waals surface area contributed by atoms with Crippen molar-refractivity contribution in [2.45, 2.75) is 70.6 Å². The van der Waals surface area contributed by atoms with E-state index in [4.69, 9.17) is 0 Å². The molecule has 0 saturated heterocycles. The first-order valence-corrected chi connectivity index (χ1v) is 19.6. The van der Waals surface area contributed by atoms with E-state index in [9.17, 15) is 0 Å². The Morgan fingerprint density at radius 3 is 1.54 bits per heavy atom. The van der Waals surface area contributed by atoms with Crippen LogP contribution in [0.1, 0.15) is 76.6 Å². The van der Waals surface area contributed by atoms with Gasteiger partial charge in [-0.2, -0.15) is 0 Å². The highest BCUT2D eigenvalue weighted by atomic mass is 15.1. The predicted octanol–water partition coefficient (Wildman–Crippen LogP) is 14.8. The van der Waals surface area contributed by atoms with Crippen LogP contribution in [-0.2, 0) is 16.2 Å². The van der Waals surface area contributed by atoms with E-state index in [-0.39, 0.29) is 16.2 Å². The molecule has 1 heteroatoms. The molecular formula is C53H49N. The molecule has 7 aromatic rings. The van der Waals surface area contributed by atoms with Gasteiger partial charge in [-0.3, -0.25) is 0 Å². The lowest BCUT2D eigenvalue weighted by molar-refractivity contribution is 0.333. The molecule has 0 saturated carbocycles. The van der Waals surface area contributed by atoms with Gasteiger partial charge in [0.1, 0.15) is 0 Å². The number of rotatable bonds is 6. The Bertz CT molecular complexity index is 2480. The highest BCUT2D eigenvalue weighted by Crippen LogP contribution is 2.56. The smallest absolute Gasteiger partial charge is 0.0543 e. The van der Waals surface area contributed by atoms with E-state index in [1.165, 1.54) is 78.9 Å². The predicted molar refractivity (Wildman–Crippen MR) is 230 cm³/mol. The minimum absolute atomic E-state index is 0.0458. The highest BCUT2D eigenvalue weighted by molar-refractivity contribution is 5.96. The summed E-state index contributed by atoms with van der Waals surface area (Å²) in [6, 6.07) is 60.8.